The van der Waals surface area contributed by atoms with Gasteiger partial charge in [0, 0.05) is 43.9 Å². The number of piperazine rings is 1. The molecule has 1 N–H and O–H groups in total. The fourth-order valence-corrected chi connectivity index (χ4v) is 6.44. The average molecular weight is 465 g/mol. The zero-order valence-corrected chi connectivity index (χ0v) is 19.8. The fraction of sp³-hybridized carbons (Fsp3) is 0.318. The minimum absolute atomic E-state index is 0. The van der Waals surface area contributed by atoms with Crippen LogP contribution in [0.5, 0.6) is 5.75 Å². The Labute approximate surface area is 191 Å². The van der Waals surface area contributed by atoms with Gasteiger partial charge in [-0.15, -0.1) is 12.4 Å². The molecule has 0 atom stereocenters. The Kier molecular flexibility index (Phi) is 7.48. The van der Waals surface area contributed by atoms with Crippen molar-refractivity contribution in [2.45, 2.75) is 13.5 Å². The molecule has 1 saturated heterocycles. The van der Waals surface area contributed by atoms with E-state index < -0.39 is 0 Å². The Morgan fingerprint density at radius 1 is 0.966 bits per heavy atom. The van der Waals surface area contributed by atoms with Gasteiger partial charge in [-0.2, -0.15) is 0 Å². The molecule has 1 aliphatic rings. The smallest absolute Gasteiger partial charge is 0.120 e. The van der Waals surface area contributed by atoms with Crippen LogP contribution in [-0.2, 0) is 6.54 Å². The second-order valence-electron chi connectivity index (χ2n) is 7.45. The number of aryl methyl sites for hydroxylation is 1. The summed E-state index contributed by atoms with van der Waals surface area (Å²) in [6.07, 6.45) is 0. The van der Waals surface area contributed by atoms with Gasteiger partial charge in [0.05, 0.1) is 4.88 Å². The lowest BCUT2D eigenvalue weighted by molar-refractivity contribution is 0.147. The molecular weight excluding hydrogens is 440 g/mol. The van der Waals surface area contributed by atoms with Gasteiger partial charge in [0.1, 0.15) is 9.57 Å². The van der Waals surface area contributed by atoms with Crippen LogP contribution < -0.4 is 0 Å². The van der Waals surface area contributed by atoms with E-state index in [2.05, 4.69) is 54.1 Å². The van der Waals surface area contributed by atoms with E-state index in [-0.39, 0.29) is 12.4 Å². The third kappa shape index (κ3) is 5.08. The first-order chi connectivity index (χ1) is 13.5. The minimum Gasteiger partial charge on any atom is -0.508 e. The highest BCUT2D eigenvalue weighted by Crippen LogP contribution is 2.42. The van der Waals surface area contributed by atoms with E-state index in [1.807, 2.05) is 12.1 Å². The van der Waals surface area contributed by atoms with E-state index in [9.17, 15) is 5.11 Å². The highest BCUT2D eigenvalue weighted by molar-refractivity contribution is 7.80. The van der Waals surface area contributed by atoms with Crippen molar-refractivity contribution in [1.82, 2.24) is 9.80 Å². The molecule has 3 nitrogen and oxygen atoms in total. The minimum atomic E-state index is 0. The van der Waals surface area contributed by atoms with Crippen LogP contribution >= 0.6 is 45.3 Å². The first-order valence-electron chi connectivity index (χ1n) is 9.44. The zero-order valence-electron chi connectivity index (χ0n) is 16.6. The zero-order chi connectivity index (χ0) is 19.7. The molecule has 7 heteroatoms. The Morgan fingerprint density at radius 3 is 2.31 bits per heavy atom. The molecule has 0 amide bonds. The van der Waals surface area contributed by atoms with Crippen LogP contribution in [0.25, 0.3) is 21.6 Å². The summed E-state index contributed by atoms with van der Waals surface area (Å²) < 4.78 is 0.914. The number of phenolic OH excluding ortho intramolecular Hbond substituents is 1. The van der Waals surface area contributed by atoms with Gasteiger partial charge >= 0.3 is 0 Å². The van der Waals surface area contributed by atoms with E-state index in [4.69, 9.17) is 12.2 Å². The lowest BCUT2D eigenvalue weighted by Gasteiger charge is -2.32. The molecule has 2 aromatic carbocycles. The van der Waals surface area contributed by atoms with Crippen molar-refractivity contribution in [2.75, 3.05) is 33.2 Å². The molecule has 0 spiro atoms. The first-order valence-corrected chi connectivity index (χ1v) is 12.0. The molecule has 154 valence electrons. The molecular formula is C22H25ClN2OS3. The topological polar surface area (TPSA) is 26.7 Å². The number of hydrogen-bond donors (Lipinski definition) is 1. The molecule has 0 aliphatic carbocycles. The van der Waals surface area contributed by atoms with Gasteiger partial charge in [0.25, 0.3) is 0 Å². The summed E-state index contributed by atoms with van der Waals surface area (Å²) in [6, 6.07) is 14.5. The van der Waals surface area contributed by atoms with Gasteiger partial charge in [-0.1, -0.05) is 68.8 Å². The van der Waals surface area contributed by atoms with E-state index in [0.29, 0.717) is 5.75 Å². The van der Waals surface area contributed by atoms with Crippen molar-refractivity contribution in [2.24, 2.45) is 0 Å². The van der Waals surface area contributed by atoms with E-state index >= 15 is 0 Å². The van der Waals surface area contributed by atoms with Gasteiger partial charge in [0.2, 0.25) is 0 Å². The van der Waals surface area contributed by atoms with Crippen LogP contribution in [0, 0.1) is 10.7 Å². The molecule has 0 saturated carbocycles. The standard InChI is InChI=1S/C22H24N2OS3.ClH/c1-15-3-5-16(6-4-15)21-20(22(26)28-27-21)17-7-8-19(25)18(13-17)14-24-11-9-23(2)10-12-24;/h3-8,13,25H,9-12,14H2,1-2H3;1H. The quantitative estimate of drug-likeness (QED) is 0.375. The number of nitrogens with zero attached hydrogens (tertiary/aromatic N) is 2. The van der Waals surface area contributed by atoms with Crippen LogP contribution in [0.3, 0.4) is 0 Å². The summed E-state index contributed by atoms with van der Waals surface area (Å²) >= 11 is 5.68. The Morgan fingerprint density at radius 2 is 1.62 bits per heavy atom. The number of benzene rings is 2. The largest absolute Gasteiger partial charge is 0.508 e. The molecule has 1 aromatic heterocycles. The third-order valence-corrected chi connectivity index (χ3v) is 8.37. The second-order valence-corrected chi connectivity index (χ2v) is 10.3. The summed E-state index contributed by atoms with van der Waals surface area (Å²) in [5, 5.41) is 10.4. The molecule has 1 aliphatic heterocycles. The van der Waals surface area contributed by atoms with E-state index in [1.54, 1.807) is 20.7 Å². The van der Waals surface area contributed by atoms with Gasteiger partial charge in [0.15, 0.2) is 0 Å². The Balaban J connectivity index is 0.00000240. The van der Waals surface area contributed by atoms with Crippen LogP contribution in [0.15, 0.2) is 42.5 Å². The lowest BCUT2D eigenvalue weighted by Crippen LogP contribution is -2.43. The van der Waals surface area contributed by atoms with E-state index in [0.717, 1.165) is 53.2 Å². The molecule has 2 heterocycles. The lowest BCUT2D eigenvalue weighted by atomic mass is 10.0. The number of likely N-dealkylation sites (N-methyl/N-ethyl adjacent to an activating group) is 1. The van der Waals surface area contributed by atoms with Gasteiger partial charge in [-0.05, 0) is 37.2 Å². The SMILES string of the molecule is Cc1ccc(-c2ssc(=S)c2-c2ccc(O)c(CN3CCN(C)CC3)c2)cc1.Cl. The summed E-state index contributed by atoms with van der Waals surface area (Å²) in [5.74, 6) is 0.365. The van der Waals surface area contributed by atoms with Crippen molar-refractivity contribution in [3.05, 3.63) is 57.4 Å². The molecule has 1 fully saturated rings. The summed E-state index contributed by atoms with van der Waals surface area (Å²) in [7, 11) is 5.54. The molecule has 0 unspecified atom stereocenters. The van der Waals surface area contributed by atoms with Gasteiger partial charge < -0.3 is 10.0 Å². The normalized spacial score (nSPS) is 15.2. The number of rotatable bonds is 4. The molecule has 0 bridgehead atoms. The molecule has 0 radical (unpaired) electrons. The van der Waals surface area contributed by atoms with Crippen molar-refractivity contribution in [3.63, 3.8) is 0 Å². The summed E-state index contributed by atoms with van der Waals surface area (Å²) in [5.41, 5.74) is 5.64. The monoisotopic (exact) mass is 464 g/mol. The molecule has 29 heavy (non-hydrogen) atoms. The number of halogens is 1. The first kappa shape index (κ1) is 22.4. The maximum Gasteiger partial charge on any atom is 0.120 e. The molecule has 4 rings (SSSR count). The van der Waals surface area contributed by atoms with Crippen molar-refractivity contribution in [1.29, 1.82) is 0 Å². The van der Waals surface area contributed by atoms with Gasteiger partial charge in [-0.25, -0.2) is 0 Å². The van der Waals surface area contributed by atoms with E-state index in [1.165, 1.54) is 16.0 Å². The van der Waals surface area contributed by atoms with Crippen LogP contribution in [0.4, 0.5) is 0 Å². The van der Waals surface area contributed by atoms with Gasteiger partial charge in [-0.3, -0.25) is 4.90 Å². The van der Waals surface area contributed by atoms with Crippen molar-refractivity contribution < 1.29 is 5.11 Å². The van der Waals surface area contributed by atoms with Crippen LogP contribution in [0.1, 0.15) is 11.1 Å². The summed E-state index contributed by atoms with van der Waals surface area (Å²) in [4.78, 5) is 5.97. The maximum atomic E-state index is 10.4. The number of phenols is 1. The average Bonchev–Trinajstić information content (AvgIpc) is 3.07. The predicted octanol–water partition coefficient (Wildman–Crippen LogP) is 6.06. The second kappa shape index (κ2) is 9.69. The highest BCUT2D eigenvalue weighted by atomic mass is 35.5. The predicted molar refractivity (Wildman–Crippen MR) is 130 cm³/mol. The Hall–Kier alpha value is -1.28. The van der Waals surface area contributed by atoms with Crippen molar-refractivity contribution in [3.8, 4) is 27.3 Å². The summed E-state index contributed by atoms with van der Waals surface area (Å²) in [6.45, 7) is 7.07. The number of aromatic hydroxyl groups is 1. The van der Waals surface area contributed by atoms with Crippen LogP contribution in [-0.4, -0.2) is 48.1 Å². The third-order valence-electron chi connectivity index (χ3n) is 5.30. The number of hydrogen-bond acceptors (Lipinski definition) is 6. The Bertz CT molecular complexity index is 1020. The van der Waals surface area contributed by atoms with Crippen LogP contribution in [0.2, 0.25) is 0 Å². The molecule has 3 aromatic rings. The fourth-order valence-electron chi connectivity index (χ4n) is 3.52. The maximum absolute atomic E-state index is 10.4. The highest BCUT2D eigenvalue weighted by Gasteiger charge is 2.18. The van der Waals surface area contributed by atoms with Crippen molar-refractivity contribution >= 4 is 45.3 Å².